The third-order valence-electron chi connectivity index (χ3n) is 7.98. The molecule has 0 radical (unpaired) electrons. The van der Waals surface area contributed by atoms with E-state index >= 15 is 0 Å². The van der Waals surface area contributed by atoms with E-state index in [0.717, 1.165) is 12.8 Å². The molecule has 0 saturated carbocycles. The van der Waals surface area contributed by atoms with Gasteiger partial charge in [-0.2, -0.15) is 0 Å². The number of benzene rings is 4. The maximum absolute atomic E-state index is 4.03. The van der Waals surface area contributed by atoms with Gasteiger partial charge in [-0.25, -0.2) is 0 Å². The van der Waals surface area contributed by atoms with Crippen LogP contribution in [0.4, 0.5) is 0 Å². The van der Waals surface area contributed by atoms with Crippen molar-refractivity contribution in [2.24, 2.45) is 0 Å². The summed E-state index contributed by atoms with van der Waals surface area (Å²) in [7, 11) is -3.16. The van der Waals surface area contributed by atoms with Crippen LogP contribution >= 0.6 is 14.5 Å². The van der Waals surface area contributed by atoms with Crippen LogP contribution in [-0.4, -0.2) is 24.6 Å². The molecule has 0 amide bonds. The SMILES string of the molecule is C=CCCC[P+](CCC[P+](CCCC=C)(c1ccccc1)c1ccccc1)(c1ccccc1)c1ccccc1.[Br-].[Br-]. The van der Waals surface area contributed by atoms with Gasteiger partial charge in [0.2, 0.25) is 0 Å². The fraction of sp³-hybridized carbons (Fsp3) is 0.243. The second-order valence-electron chi connectivity index (χ2n) is 10.4. The first-order valence-electron chi connectivity index (χ1n) is 14.4. The Morgan fingerprint density at radius 1 is 0.390 bits per heavy atom. The fourth-order valence-corrected chi connectivity index (χ4v) is 15.2. The molecule has 0 N–H and O–H groups in total. The molecule has 0 fully saturated rings. The minimum atomic E-state index is -1.58. The third-order valence-corrected chi connectivity index (χ3v) is 17.4. The summed E-state index contributed by atoms with van der Waals surface area (Å²) in [6, 6.07) is 45.7. The zero-order chi connectivity index (χ0) is 27.2. The molecule has 0 aliphatic heterocycles. The van der Waals surface area contributed by atoms with E-state index in [-0.39, 0.29) is 34.0 Å². The first-order chi connectivity index (χ1) is 19.2. The van der Waals surface area contributed by atoms with Crippen molar-refractivity contribution < 1.29 is 34.0 Å². The van der Waals surface area contributed by atoms with Crippen molar-refractivity contribution in [3.05, 3.63) is 147 Å². The largest absolute Gasteiger partial charge is 1.00 e. The molecule has 0 spiro atoms. The molecule has 0 atom stereocenters. The van der Waals surface area contributed by atoms with E-state index in [1.807, 2.05) is 0 Å². The smallest absolute Gasteiger partial charge is 0.0991 e. The average Bonchev–Trinajstić information content (AvgIpc) is 3.01. The highest BCUT2D eigenvalue weighted by Crippen LogP contribution is 2.61. The molecule has 0 unspecified atom stereocenters. The van der Waals surface area contributed by atoms with Crippen molar-refractivity contribution >= 4 is 35.7 Å². The van der Waals surface area contributed by atoms with Crippen molar-refractivity contribution in [2.75, 3.05) is 24.6 Å². The maximum atomic E-state index is 4.03. The molecular formula is C37H44Br2P2. The van der Waals surface area contributed by atoms with E-state index in [2.05, 4.69) is 147 Å². The van der Waals surface area contributed by atoms with Crippen LogP contribution in [-0.2, 0) is 0 Å². The maximum Gasteiger partial charge on any atom is 0.0991 e. The van der Waals surface area contributed by atoms with Gasteiger partial charge in [0, 0.05) is 6.42 Å². The Labute approximate surface area is 271 Å². The summed E-state index contributed by atoms with van der Waals surface area (Å²) in [4.78, 5) is 0. The predicted molar refractivity (Wildman–Crippen MR) is 181 cm³/mol. The molecule has 4 rings (SSSR count). The molecule has 41 heavy (non-hydrogen) atoms. The first-order valence-corrected chi connectivity index (χ1v) is 18.8. The summed E-state index contributed by atoms with van der Waals surface area (Å²) >= 11 is 0. The number of hydrogen-bond donors (Lipinski definition) is 0. The molecule has 0 aliphatic rings. The summed E-state index contributed by atoms with van der Waals surface area (Å²) in [6.07, 6.45) is 14.9. The summed E-state index contributed by atoms with van der Waals surface area (Å²) in [5.41, 5.74) is 0. The van der Waals surface area contributed by atoms with Crippen molar-refractivity contribution in [3.8, 4) is 0 Å². The van der Waals surface area contributed by atoms with Gasteiger partial charge in [0.25, 0.3) is 0 Å². The highest BCUT2D eigenvalue weighted by molar-refractivity contribution is 7.90. The molecule has 0 saturated heterocycles. The van der Waals surface area contributed by atoms with Gasteiger partial charge in [-0.05, 0) is 74.2 Å². The molecule has 0 aromatic heterocycles. The Kier molecular flexibility index (Phi) is 16.1. The average molecular weight is 711 g/mol. The quantitative estimate of drug-likeness (QED) is 0.0955. The molecule has 0 nitrogen and oxygen atoms in total. The van der Waals surface area contributed by atoms with Crippen molar-refractivity contribution in [3.63, 3.8) is 0 Å². The molecule has 216 valence electrons. The first kappa shape index (κ1) is 35.4. The topological polar surface area (TPSA) is 0 Å². The van der Waals surface area contributed by atoms with Crippen LogP contribution in [0.2, 0.25) is 0 Å². The zero-order valence-corrected chi connectivity index (χ0v) is 29.1. The lowest BCUT2D eigenvalue weighted by Crippen LogP contribution is -3.00. The van der Waals surface area contributed by atoms with Gasteiger partial charge in [-0.3, -0.25) is 0 Å². The molecule has 0 aliphatic carbocycles. The minimum Gasteiger partial charge on any atom is -1.00 e. The molecule has 4 aromatic carbocycles. The van der Waals surface area contributed by atoms with E-state index in [1.54, 1.807) is 21.2 Å². The van der Waals surface area contributed by atoms with Gasteiger partial charge in [-0.15, -0.1) is 13.2 Å². The molecule has 0 heterocycles. The van der Waals surface area contributed by atoms with Gasteiger partial charge in [0.05, 0.1) is 60.4 Å². The summed E-state index contributed by atoms with van der Waals surface area (Å²) in [5.74, 6) is 0. The summed E-state index contributed by atoms with van der Waals surface area (Å²) in [6.45, 7) is 8.07. The normalized spacial score (nSPS) is 11.1. The van der Waals surface area contributed by atoms with Crippen LogP contribution in [0.3, 0.4) is 0 Å². The molecule has 4 heteroatoms. The van der Waals surface area contributed by atoms with Gasteiger partial charge in [-0.1, -0.05) is 84.9 Å². The Bertz CT molecular complexity index is 1080. The standard InChI is InChI=1S/C37H44P2.2BrH/c1-3-5-19-30-38(34-22-11-7-12-23-34,35-24-13-8-14-25-35)32-21-33-39(31-20-6-4-2,36-26-15-9-16-27-36)37-28-17-10-18-29-37;;/h3-4,7-18,22-29H,1-2,5-6,19-21,30-33H2;2*1H/q+2;;/p-2. The van der Waals surface area contributed by atoms with Crippen LogP contribution < -0.4 is 55.2 Å². The number of hydrogen-bond acceptors (Lipinski definition) is 0. The fourth-order valence-electron chi connectivity index (χ4n) is 6.03. The van der Waals surface area contributed by atoms with E-state index < -0.39 is 14.5 Å². The Morgan fingerprint density at radius 2 is 0.634 bits per heavy atom. The number of halogens is 2. The van der Waals surface area contributed by atoms with Gasteiger partial charge in [0.1, 0.15) is 0 Å². The minimum absolute atomic E-state index is 0. The van der Waals surface area contributed by atoms with Crippen molar-refractivity contribution in [1.29, 1.82) is 0 Å². The van der Waals surface area contributed by atoms with Gasteiger partial charge < -0.3 is 34.0 Å². The van der Waals surface area contributed by atoms with Gasteiger partial charge >= 0.3 is 0 Å². The Morgan fingerprint density at radius 3 is 0.878 bits per heavy atom. The van der Waals surface area contributed by atoms with E-state index in [4.69, 9.17) is 0 Å². The van der Waals surface area contributed by atoms with Crippen LogP contribution in [0.25, 0.3) is 0 Å². The number of unbranched alkanes of at least 4 members (excludes halogenated alkanes) is 2. The van der Waals surface area contributed by atoms with Crippen LogP contribution in [0.15, 0.2) is 147 Å². The Hall–Kier alpha value is -1.82. The molecule has 0 bridgehead atoms. The van der Waals surface area contributed by atoms with Crippen molar-refractivity contribution in [2.45, 2.75) is 32.1 Å². The Balaban J connectivity index is 0.00000294. The predicted octanol–water partition coefficient (Wildman–Crippen LogP) is 2.65. The number of rotatable bonds is 16. The van der Waals surface area contributed by atoms with Crippen LogP contribution in [0, 0.1) is 0 Å². The lowest BCUT2D eigenvalue weighted by molar-refractivity contribution is -0.00100. The highest BCUT2D eigenvalue weighted by Gasteiger charge is 2.46. The third kappa shape index (κ3) is 9.08. The zero-order valence-electron chi connectivity index (χ0n) is 24.1. The molecule has 4 aromatic rings. The highest BCUT2D eigenvalue weighted by atomic mass is 79.9. The lowest BCUT2D eigenvalue weighted by atomic mass is 10.3. The summed E-state index contributed by atoms with van der Waals surface area (Å²) in [5, 5.41) is 6.20. The monoisotopic (exact) mass is 708 g/mol. The van der Waals surface area contributed by atoms with Crippen molar-refractivity contribution in [1.82, 2.24) is 0 Å². The van der Waals surface area contributed by atoms with Gasteiger partial charge in [0.15, 0.2) is 0 Å². The van der Waals surface area contributed by atoms with Crippen LogP contribution in [0.5, 0.6) is 0 Å². The number of allylic oxidation sites excluding steroid dienone is 2. The second-order valence-corrected chi connectivity index (χ2v) is 18.1. The second kappa shape index (κ2) is 18.7. The van der Waals surface area contributed by atoms with E-state index in [1.165, 1.54) is 43.9 Å². The van der Waals surface area contributed by atoms with E-state index in [0.29, 0.717) is 0 Å². The van der Waals surface area contributed by atoms with Crippen LogP contribution in [0.1, 0.15) is 32.1 Å². The lowest BCUT2D eigenvalue weighted by Gasteiger charge is -2.31. The molecular weight excluding hydrogens is 666 g/mol. The van der Waals surface area contributed by atoms with E-state index in [9.17, 15) is 0 Å². The summed E-state index contributed by atoms with van der Waals surface area (Å²) < 4.78 is 0.